The van der Waals surface area contributed by atoms with Gasteiger partial charge in [0.05, 0.1) is 6.10 Å². The average Bonchev–Trinajstić information content (AvgIpc) is 2.45. The van der Waals surface area contributed by atoms with Crippen LogP contribution in [-0.4, -0.2) is 18.8 Å². The molecule has 1 saturated carbocycles. The van der Waals surface area contributed by atoms with Gasteiger partial charge in [-0.25, -0.2) is 0 Å². The van der Waals surface area contributed by atoms with Gasteiger partial charge >= 0.3 is 0 Å². The lowest BCUT2D eigenvalue weighted by Gasteiger charge is -2.54. The van der Waals surface area contributed by atoms with Crippen LogP contribution in [0.4, 0.5) is 0 Å². The van der Waals surface area contributed by atoms with E-state index in [0.29, 0.717) is 18.2 Å². The first-order chi connectivity index (χ1) is 9.51. The van der Waals surface area contributed by atoms with Crippen molar-refractivity contribution in [1.29, 1.82) is 0 Å². The van der Waals surface area contributed by atoms with E-state index in [9.17, 15) is 0 Å². The largest absolute Gasteiger partial charge is 0.378 e. The smallest absolute Gasteiger partial charge is 0.0658 e. The van der Waals surface area contributed by atoms with Crippen LogP contribution in [0.15, 0.2) is 24.3 Å². The van der Waals surface area contributed by atoms with Crippen LogP contribution in [0.25, 0.3) is 0 Å². The molecule has 0 heterocycles. The second kappa shape index (κ2) is 6.28. The highest BCUT2D eigenvalue weighted by molar-refractivity contribution is 5.24. The summed E-state index contributed by atoms with van der Waals surface area (Å²) in [5.74, 6) is 0. The van der Waals surface area contributed by atoms with E-state index in [1.54, 1.807) is 0 Å². The summed E-state index contributed by atoms with van der Waals surface area (Å²) in [6, 6.07) is 9.80. The maximum atomic E-state index is 5.88. The second-order valence-corrected chi connectivity index (χ2v) is 6.39. The molecule has 0 saturated heterocycles. The molecular weight excluding hydrogens is 246 g/mol. The Morgan fingerprint density at radius 1 is 1.30 bits per heavy atom. The van der Waals surface area contributed by atoms with Crippen LogP contribution in [0, 0.1) is 12.3 Å². The van der Waals surface area contributed by atoms with Gasteiger partial charge in [0, 0.05) is 24.1 Å². The van der Waals surface area contributed by atoms with Crippen molar-refractivity contribution >= 4 is 0 Å². The summed E-state index contributed by atoms with van der Waals surface area (Å²) in [7, 11) is 0. The van der Waals surface area contributed by atoms with E-state index >= 15 is 0 Å². The molecule has 1 aromatic rings. The minimum Gasteiger partial charge on any atom is -0.378 e. The molecule has 0 aromatic heterocycles. The van der Waals surface area contributed by atoms with Gasteiger partial charge < -0.3 is 10.1 Å². The van der Waals surface area contributed by atoms with Crippen LogP contribution < -0.4 is 5.32 Å². The summed E-state index contributed by atoms with van der Waals surface area (Å²) >= 11 is 0. The molecule has 1 aromatic carbocycles. The highest BCUT2D eigenvalue weighted by Crippen LogP contribution is 2.46. The minimum absolute atomic E-state index is 0.273. The van der Waals surface area contributed by atoms with Gasteiger partial charge in [0.15, 0.2) is 0 Å². The molecule has 2 rings (SSSR count). The van der Waals surface area contributed by atoms with Crippen molar-refractivity contribution in [3.8, 4) is 0 Å². The van der Waals surface area contributed by atoms with Gasteiger partial charge in [-0.3, -0.25) is 0 Å². The molecule has 2 nitrogen and oxygen atoms in total. The van der Waals surface area contributed by atoms with Crippen molar-refractivity contribution in [2.24, 2.45) is 5.41 Å². The maximum Gasteiger partial charge on any atom is 0.0658 e. The molecule has 3 unspecified atom stereocenters. The third kappa shape index (κ3) is 2.91. The minimum atomic E-state index is 0.273. The van der Waals surface area contributed by atoms with Crippen molar-refractivity contribution in [3.63, 3.8) is 0 Å². The summed E-state index contributed by atoms with van der Waals surface area (Å²) < 4.78 is 5.88. The number of benzene rings is 1. The van der Waals surface area contributed by atoms with E-state index in [-0.39, 0.29) is 5.41 Å². The third-order valence-electron chi connectivity index (χ3n) is 5.14. The molecule has 4 atom stereocenters. The Hall–Kier alpha value is -0.860. The van der Waals surface area contributed by atoms with Crippen molar-refractivity contribution < 1.29 is 4.74 Å². The van der Waals surface area contributed by atoms with Crippen molar-refractivity contribution in [1.82, 2.24) is 5.32 Å². The lowest BCUT2D eigenvalue weighted by Crippen LogP contribution is -2.62. The Kier molecular flexibility index (Phi) is 4.87. The predicted octanol–water partition coefficient (Wildman–Crippen LogP) is 4.24. The van der Waals surface area contributed by atoms with Crippen LogP contribution >= 0.6 is 0 Å². The quantitative estimate of drug-likeness (QED) is 0.838. The van der Waals surface area contributed by atoms with Crippen LogP contribution in [0.3, 0.4) is 0 Å². The molecule has 2 heteroatoms. The van der Waals surface area contributed by atoms with Gasteiger partial charge in [0.2, 0.25) is 0 Å². The Morgan fingerprint density at radius 3 is 2.50 bits per heavy atom. The summed E-state index contributed by atoms with van der Waals surface area (Å²) in [5, 5.41) is 3.80. The molecule has 20 heavy (non-hydrogen) atoms. The number of ether oxygens (including phenoxy) is 1. The zero-order valence-electron chi connectivity index (χ0n) is 13.6. The molecule has 1 aliphatic carbocycles. The highest BCUT2D eigenvalue weighted by Gasteiger charge is 2.51. The molecule has 1 N–H and O–H groups in total. The van der Waals surface area contributed by atoms with E-state index in [0.717, 1.165) is 19.4 Å². The Labute approximate surface area is 123 Å². The molecule has 0 spiro atoms. The fourth-order valence-electron chi connectivity index (χ4n) is 3.26. The lowest BCUT2D eigenvalue weighted by molar-refractivity contribution is -0.127. The molecular formula is C18H29NO. The summed E-state index contributed by atoms with van der Waals surface area (Å²) in [6.07, 6.45) is 2.71. The fraction of sp³-hybridized carbons (Fsp3) is 0.667. The van der Waals surface area contributed by atoms with Gasteiger partial charge in [-0.1, -0.05) is 43.7 Å². The van der Waals surface area contributed by atoms with Crippen molar-refractivity contribution in [2.75, 3.05) is 6.61 Å². The summed E-state index contributed by atoms with van der Waals surface area (Å²) in [5.41, 5.74) is 2.96. The molecule has 1 aliphatic rings. The zero-order valence-corrected chi connectivity index (χ0v) is 13.6. The lowest BCUT2D eigenvalue weighted by atomic mass is 9.61. The Morgan fingerprint density at radius 2 is 1.95 bits per heavy atom. The topological polar surface area (TPSA) is 21.3 Å². The van der Waals surface area contributed by atoms with Gasteiger partial charge in [-0.05, 0) is 39.2 Å². The van der Waals surface area contributed by atoms with Crippen LogP contribution in [0.1, 0.15) is 57.7 Å². The Bertz CT molecular complexity index is 428. The normalized spacial score (nSPS) is 30.9. The molecule has 112 valence electrons. The SMILES string of the molecule is CCOC1CC(N[C@@H](C)c2ccc(C)cc2)C1(C)CC. The van der Waals surface area contributed by atoms with E-state index < -0.39 is 0 Å². The summed E-state index contributed by atoms with van der Waals surface area (Å²) in [4.78, 5) is 0. The monoisotopic (exact) mass is 275 g/mol. The first-order valence-corrected chi connectivity index (χ1v) is 7.95. The maximum absolute atomic E-state index is 5.88. The second-order valence-electron chi connectivity index (χ2n) is 6.39. The van der Waals surface area contributed by atoms with E-state index in [1.807, 2.05) is 0 Å². The number of nitrogens with one attached hydrogen (secondary N) is 1. The molecule has 0 bridgehead atoms. The third-order valence-corrected chi connectivity index (χ3v) is 5.14. The highest BCUT2D eigenvalue weighted by atomic mass is 16.5. The first-order valence-electron chi connectivity index (χ1n) is 7.95. The van der Waals surface area contributed by atoms with E-state index in [2.05, 4.69) is 64.2 Å². The Balaban J connectivity index is 1.98. The van der Waals surface area contributed by atoms with Gasteiger partial charge in [0.1, 0.15) is 0 Å². The van der Waals surface area contributed by atoms with Gasteiger partial charge in [-0.15, -0.1) is 0 Å². The van der Waals surface area contributed by atoms with E-state index in [1.165, 1.54) is 11.1 Å². The molecule has 1 fully saturated rings. The predicted molar refractivity (Wildman–Crippen MR) is 84.9 cm³/mol. The van der Waals surface area contributed by atoms with Gasteiger partial charge in [0.25, 0.3) is 0 Å². The van der Waals surface area contributed by atoms with Crippen molar-refractivity contribution in [2.45, 2.75) is 65.6 Å². The fourth-order valence-corrected chi connectivity index (χ4v) is 3.26. The number of rotatable bonds is 6. The van der Waals surface area contributed by atoms with E-state index in [4.69, 9.17) is 4.74 Å². The first kappa shape index (κ1) is 15.5. The number of aryl methyl sites for hydroxylation is 1. The number of hydrogen-bond donors (Lipinski definition) is 1. The average molecular weight is 275 g/mol. The zero-order chi connectivity index (χ0) is 14.8. The summed E-state index contributed by atoms with van der Waals surface area (Å²) in [6.45, 7) is 11.9. The van der Waals surface area contributed by atoms with Gasteiger partial charge in [-0.2, -0.15) is 0 Å². The molecule has 0 radical (unpaired) electrons. The molecule has 0 amide bonds. The van der Waals surface area contributed by atoms with Crippen LogP contribution in [0.2, 0.25) is 0 Å². The van der Waals surface area contributed by atoms with Crippen LogP contribution in [0.5, 0.6) is 0 Å². The molecule has 0 aliphatic heterocycles. The number of hydrogen-bond acceptors (Lipinski definition) is 2. The van der Waals surface area contributed by atoms with Crippen molar-refractivity contribution in [3.05, 3.63) is 35.4 Å². The van der Waals surface area contributed by atoms with Crippen LogP contribution in [-0.2, 0) is 4.74 Å². The standard InChI is InChI=1S/C18H29NO/c1-6-18(5)16(12-17(18)20-7-2)19-14(4)15-10-8-13(3)9-11-15/h8-11,14,16-17,19H,6-7,12H2,1-5H3/t14-,16?,17?,18?/m0/s1.